The maximum absolute atomic E-state index is 13.1. The first-order valence-corrected chi connectivity index (χ1v) is 8.87. The Kier molecular flexibility index (Phi) is 6.92. The number of unbranched alkanes of at least 4 members (excludes halogenated alkanes) is 1. The van der Waals surface area contributed by atoms with Crippen molar-refractivity contribution >= 4 is 23.4 Å². The molecule has 0 saturated heterocycles. The summed E-state index contributed by atoms with van der Waals surface area (Å²) in [6.45, 7) is 4.19. The van der Waals surface area contributed by atoms with Crippen molar-refractivity contribution in [2.45, 2.75) is 38.7 Å². The van der Waals surface area contributed by atoms with Crippen LogP contribution in [0.3, 0.4) is 0 Å². The molecule has 1 unspecified atom stereocenters. The van der Waals surface area contributed by atoms with E-state index in [9.17, 15) is 14.4 Å². The van der Waals surface area contributed by atoms with Crippen LogP contribution in [0.1, 0.15) is 43.5 Å². The summed E-state index contributed by atoms with van der Waals surface area (Å²) in [5.41, 5.74) is -1.77. The first kappa shape index (κ1) is 20.4. The van der Waals surface area contributed by atoms with Gasteiger partial charge in [-0.15, -0.1) is 0 Å². The topological polar surface area (TPSA) is 103 Å². The van der Waals surface area contributed by atoms with Crippen molar-refractivity contribution in [1.82, 2.24) is 5.32 Å². The van der Waals surface area contributed by atoms with Crippen molar-refractivity contribution in [3.63, 3.8) is 0 Å². The number of methoxy groups -OCH3 is 1. The van der Waals surface area contributed by atoms with Crippen LogP contribution in [-0.2, 0) is 19.2 Å². The van der Waals surface area contributed by atoms with Gasteiger partial charge in [-0.3, -0.25) is 9.59 Å². The summed E-state index contributed by atoms with van der Waals surface area (Å²) in [5.74, 6) is -1.34. The molecule has 2 rings (SSSR count). The molecule has 1 aromatic rings. The second-order valence-electron chi connectivity index (χ2n) is 6.02. The van der Waals surface area contributed by atoms with Gasteiger partial charge >= 0.3 is 5.97 Å². The van der Waals surface area contributed by atoms with E-state index >= 15 is 0 Å². The van der Waals surface area contributed by atoms with Crippen molar-refractivity contribution in [3.8, 4) is 5.75 Å². The molecular weight excluding hydrogens is 352 g/mol. The van der Waals surface area contributed by atoms with Gasteiger partial charge in [0, 0.05) is 12.1 Å². The lowest BCUT2D eigenvalue weighted by Crippen LogP contribution is -2.53. The lowest BCUT2D eigenvalue weighted by molar-refractivity contribution is -0.138. The minimum absolute atomic E-state index is 0.0932. The molecule has 8 heteroatoms. The number of carbonyl (C=O) groups excluding carboxylic acids is 3. The summed E-state index contributed by atoms with van der Waals surface area (Å²) in [4.78, 5) is 43.2. The number of oxime groups is 1. The van der Waals surface area contributed by atoms with E-state index in [0.717, 1.165) is 12.8 Å². The average Bonchev–Trinajstić information content (AvgIpc) is 3.14. The van der Waals surface area contributed by atoms with Gasteiger partial charge in [0.05, 0.1) is 20.1 Å². The number of hydrogen-bond donors (Lipinski definition) is 1. The molecule has 146 valence electrons. The second kappa shape index (κ2) is 9.16. The number of amides is 1. The molecule has 1 aliphatic rings. The number of benzene rings is 1. The van der Waals surface area contributed by atoms with E-state index in [1.165, 1.54) is 19.2 Å². The van der Waals surface area contributed by atoms with Crippen molar-refractivity contribution < 1.29 is 28.7 Å². The zero-order valence-corrected chi connectivity index (χ0v) is 15.7. The van der Waals surface area contributed by atoms with Crippen LogP contribution in [0.5, 0.6) is 5.75 Å². The number of nitrogens with zero attached hydrogens (tertiary/aromatic N) is 1. The van der Waals surface area contributed by atoms with E-state index in [0.29, 0.717) is 12.3 Å². The molecule has 27 heavy (non-hydrogen) atoms. The molecular formula is C19H24N2O6. The third-order valence-electron chi connectivity index (χ3n) is 4.14. The van der Waals surface area contributed by atoms with Crippen molar-refractivity contribution in [2.24, 2.45) is 5.16 Å². The molecule has 1 amide bonds. The highest BCUT2D eigenvalue weighted by Gasteiger charge is 2.54. The van der Waals surface area contributed by atoms with Gasteiger partial charge in [-0.05, 0) is 37.6 Å². The van der Waals surface area contributed by atoms with Crippen molar-refractivity contribution in [3.05, 3.63) is 29.8 Å². The first-order valence-electron chi connectivity index (χ1n) is 8.87. The number of ketones is 1. The van der Waals surface area contributed by atoms with Crippen LogP contribution in [-0.4, -0.2) is 49.2 Å². The highest BCUT2D eigenvalue weighted by molar-refractivity contribution is 6.39. The molecule has 0 bridgehead atoms. The van der Waals surface area contributed by atoms with E-state index in [4.69, 9.17) is 14.3 Å². The molecule has 8 nitrogen and oxygen atoms in total. The number of Topliss-reactive ketones (excluding diaryl/α,β-unsaturated/α-hetero) is 1. The van der Waals surface area contributed by atoms with Crippen LogP contribution >= 0.6 is 0 Å². The number of carbonyl (C=O) groups is 3. The molecule has 0 saturated carbocycles. The van der Waals surface area contributed by atoms with E-state index in [1.807, 2.05) is 6.92 Å². The Morgan fingerprint density at radius 1 is 1.22 bits per heavy atom. The molecule has 0 spiro atoms. The second-order valence-corrected chi connectivity index (χ2v) is 6.02. The summed E-state index contributed by atoms with van der Waals surface area (Å²) < 4.78 is 9.99. The number of esters is 1. The van der Waals surface area contributed by atoms with E-state index in [1.54, 1.807) is 19.1 Å². The third kappa shape index (κ3) is 4.45. The van der Waals surface area contributed by atoms with E-state index < -0.39 is 23.3 Å². The SMILES string of the molecule is CCCCNC(=O)C1(C(=O)c2ccc(OC)cc2)CC(C(=O)OCC)=NO1. The Morgan fingerprint density at radius 3 is 2.52 bits per heavy atom. The zero-order chi connectivity index (χ0) is 19.9. The predicted octanol–water partition coefficient (Wildman–Crippen LogP) is 1.87. The largest absolute Gasteiger partial charge is 0.497 e. The van der Waals surface area contributed by atoms with Crippen LogP contribution in [0, 0.1) is 0 Å². The predicted molar refractivity (Wildman–Crippen MR) is 97.7 cm³/mol. The molecule has 1 aromatic carbocycles. The first-order chi connectivity index (χ1) is 13.0. The highest BCUT2D eigenvalue weighted by Crippen LogP contribution is 2.30. The van der Waals surface area contributed by atoms with Gasteiger partial charge in [0.2, 0.25) is 5.78 Å². The fourth-order valence-electron chi connectivity index (χ4n) is 2.60. The van der Waals surface area contributed by atoms with E-state index in [-0.39, 0.29) is 24.3 Å². The lowest BCUT2D eigenvalue weighted by atomic mass is 9.87. The quantitative estimate of drug-likeness (QED) is 0.305. The third-order valence-corrected chi connectivity index (χ3v) is 4.14. The zero-order valence-electron chi connectivity index (χ0n) is 15.7. The normalized spacial score (nSPS) is 18.3. The van der Waals surface area contributed by atoms with Gasteiger partial charge in [-0.1, -0.05) is 18.5 Å². The van der Waals surface area contributed by atoms with Crippen LogP contribution in [0.25, 0.3) is 0 Å². The van der Waals surface area contributed by atoms with Gasteiger partial charge in [0.25, 0.3) is 11.5 Å². The van der Waals surface area contributed by atoms with Crippen LogP contribution in [0.2, 0.25) is 0 Å². The highest BCUT2D eigenvalue weighted by atomic mass is 16.7. The van der Waals surface area contributed by atoms with Gasteiger partial charge in [-0.2, -0.15) is 0 Å². The molecule has 0 fully saturated rings. The molecule has 0 radical (unpaired) electrons. The maximum atomic E-state index is 13.1. The van der Waals surface area contributed by atoms with Crippen molar-refractivity contribution in [2.75, 3.05) is 20.3 Å². The fraction of sp³-hybridized carbons (Fsp3) is 0.474. The lowest BCUT2D eigenvalue weighted by Gasteiger charge is -2.24. The smallest absolute Gasteiger partial charge is 0.356 e. The van der Waals surface area contributed by atoms with Crippen LogP contribution in [0.15, 0.2) is 29.4 Å². The fourth-order valence-corrected chi connectivity index (χ4v) is 2.60. The molecule has 1 aliphatic heterocycles. The summed E-state index contributed by atoms with van der Waals surface area (Å²) >= 11 is 0. The Bertz CT molecular complexity index is 728. The number of nitrogens with one attached hydrogen (secondary N) is 1. The summed E-state index contributed by atoms with van der Waals surface area (Å²) in [5, 5.41) is 6.37. The molecule has 0 aromatic heterocycles. The molecule has 0 aliphatic carbocycles. The van der Waals surface area contributed by atoms with Crippen LogP contribution < -0.4 is 10.1 Å². The summed E-state index contributed by atoms with van der Waals surface area (Å²) in [6.07, 6.45) is 1.35. The number of ether oxygens (including phenoxy) is 2. The van der Waals surface area contributed by atoms with Gasteiger partial charge in [0.1, 0.15) is 5.75 Å². The number of hydrogen-bond acceptors (Lipinski definition) is 7. The monoisotopic (exact) mass is 376 g/mol. The molecule has 1 atom stereocenters. The van der Waals surface area contributed by atoms with Gasteiger partial charge < -0.3 is 19.6 Å². The Morgan fingerprint density at radius 2 is 1.93 bits per heavy atom. The van der Waals surface area contributed by atoms with Crippen molar-refractivity contribution in [1.29, 1.82) is 0 Å². The summed E-state index contributed by atoms with van der Waals surface area (Å²) in [7, 11) is 1.51. The minimum Gasteiger partial charge on any atom is -0.497 e. The number of rotatable bonds is 9. The standard InChI is InChI=1S/C19H24N2O6/c1-4-6-11-20-18(24)19(12-15(21-27-19)17(23)26-5-2)16(22)13-7-9-14(25-3)10-8-13/h7-10H,4-6,11-12H2,1-3H3,(H,20,24). The Labute approximate surface area is 157 Å². The van der Waals surface area contributed by atoms with E-state index in [2.05, 4.69) is 10.5 Å². The molecule has 1 N–H and O–H groups in total. The van der Waals surface area contributed by atoms with Crippen LogP contribution in [0.4, 0.5) is 0 Å². The Balaban J connectivity index is 2.28. The molecule has 1 heterocycles. The summed E-state index contributed by atoms with van der Waals surface area (Å²) in [6, 6.07) is 6.29. The van der Waals surface area contributed by atoms with Gasteiger partial charge in [-0.25, -0.2) is 4.79 Å². The van der Waals surface area contributed by atoms with Gasteiger partial charge in [0.15, 0.2) is 5.71 Å². The maximum Gasteiger partial charge on any atom is 0.356 e. The minimum atomic E-state index is -1.93. The Hall–Kier alpha value is -2.90. The average molecular weight is 376 g/mol.